The highest BCUT2D eigenvalue weighted by molar-refractivity contribution is 5.82. The summed E-state index contributed by atoms with van der Waals surface area (Å²) in [5, 5.41) is 11.8. The van der Waals surface area contributed by atoms with Crippen molar-refractivity contribution in [2.75, 3.05) is 13.6 Å². The highest BCUT2D eigenvalue weighted by Gasteiger charge is 2.23. The molecule has 2 unspecified atom stereocenters. The molecular weight excluding hydrogens is 208 g/mol. The molecule has 0 spiro atoms. The Morgan fingerprint density at radius 2 is 1.94 bits per heavy atom. The molecule has 0 heterocycles. The predicted molar refractivity (Wildman–Crippen MR) is 62.2 cm³/mol. The van der Waals surface area contributed by atoms with Crippen molar-refractivity contribution < 1.29 is 14.7 Å². The molecule has 0 radical (unpaired) electrons. The van der Waals surface area contributed by atoms with E-state index in [0.29, 0.717) is 13.0 Å². The number of amides is 1. The monoisotopic (exact) mass is 230 g/mol. The van der Waals surface area contributed by atoms with Crippen molar-refractivity contribution in [3.8, 4) is 0 Å². The molecule has 0 aliphatic heterocycles. The van der Waals surface area contributed by atoms with E-state index in [2.05, 4.69) is 5.32 Å². The van der Waals surface area contributed by atoms with Crippen LogP contribution in [0.5, 0.6) is 0 Å². The summed E-state index contributed by atoms with van der Waals surface area (Å²) in [6.07, 6.45) is 1.30. The predicted octanol–water partition coefficient (Wildman–Crippen LogP) is 0.696. The maximum atomic E-state index is 11.7. The topological polar surface area (TPSA) is 69.6 Å². The first-order chi connectivity index (χ1) is 7.43. The van der Waals surface area contributed by atoms with Crippen LogP contribution in [0.3, 0.4) is 0 Å². The highest BCUT2D eigenvalue weighted by atomic mass is 16.4. The first kappa shape index (κ1) is 14.9. The summed E-state index contributed by atoms with van der Waals surface area (Å²) < 4.78 is 0. The molecule has 0 fully saturated rings. The first-order valence-electron chi connectivity index (χ1n) is 5.67. The van der Waals surface area contributed by atoms with Gasteiger partial charge in [-0.3, -0.25) is 14.9 Å². The lowest BCUT2D eigenvalue weighted by Gasteiger charge is -2.23. The van der Waals surface area contributed by atoms with E-state index in [1.807, 2.05) is 13.8 Å². The molecule has 0 aromatic heterocycles. The molecule has 0 rings (SSSR count). The van der Waals surface area contributed by atoms with Gasteiger partial charge in [-0.2, -0.15) is 0 Å². The normalized spacial score (nSPS) is 14.2. The second-order valence-corrected chi connectivity index (χ2v) is 3.92. The van der Waals surface area contributed by atoms with Crippen LogP contribution in [-0.2, 0) is 9.59 Å². The van der Waals surface area contributed by atoms with Crippen LogP contribution in [0, 0.1) is 0 Å². The second-order valence-electron chi connectivity index (χ2n) is 3.92. The van der Waals surface area contributed by atoms with Gasteiger partial charge in [0, 0.05) is 13.6 Å². The van der Waals surface area contributed by atoms with E-state index < -0.39 is 18.1 Å². The Balaban J connectivity index is 4.33. The van der Waals surface area contributed by atoms with Crippen molar-refractivity contribution in [1.29, 1.82) is 0 Å². The number of likely N-dealkylation sites (N-methyl/N-ethyl adjacent to an activating group) is 1. The van der Waals surface area contributed by atoms with Gasteiger partial charge in [0.25, 0.3) is 0 Å². The largest absolute Gasteiger partial charge is 0.480 e. The Morgan fingerprint density at radius 1 is 1.38 bits per heavy atom. The highest BCUT2D eigenvalue weighted by Crippen LogP contribution is 2.00. The lowest BCUT2D eigenvalue weighted by molar-refractivity contribution is -0.140. The summed E-state index contributed by atoms with van der Waals surface area (Å²) in [5.74, 6) is -0.981. The molecule has 0 saturated carbocycles. The van der Waals surface area contributed by atoms with Crippen molar-refractivity contribution in [1.82, 2.24) is 10.2 Å². The Bertz CT molecular complexity index is 243. The third-order valence-electron chi connectivity index (χ3n) is 2.55. The molecule has 94 valence electrons. The number of carboxylic acids is 1. The summed E-state index contributed by atoms with van der Waals surface area (Å²) in [6.45, 7) is 6.12. The molecule has 0 bridgehead atoms. The summed E-state index contributed by atoms with van der Waals surface area (Å²) in [4.78, 5) is 24.2. The Labute approximate surface area is 96.8 Å². The summed E-state index contributed by atoms with van der Waals surface area (Å²) >= 11 is 0. The van der Waals surface area contributed by atoms with Crippen LogP contribution in [0.25, 0.3) is 0 Å². The zero-order valence-corrected chi connectivity index (χ0v) is 10.5. The molecular formula is C11H22N2O3. The average molecular weight is 230 g/mol. The number of nitrogens with zero attached hydrogens (tertiary/aromatic N) is 1. The van der Waals surface area contributed by atoms with Gasteiger partial charge in [-0.15, -0.1) is 0 Å². The fourth-order valence-electron chi connectivity index (χ4n) is 1.43. The van der Waals surface area contributed by atoms with Crippen LogP contribution in [0.4, 0.5) is 0 Å². The van der Waals surface area contributed by atoms with Crippen LogP contribution < -0.4 is 5.32 Å². The van der Waals surface area contributed by atoms with Gasteiger partial charge in [0.2, 0.25) is 5.91 Å². The van der Waals surface area contributed by atoms with Crippen molar-refractivity contribution in [2.45, 2.75) is 45.7 Å². The van der Waals surface area contributed by atoms with Gasteiger partial charge >= 0.3 is 5.97 Å². The maximum absolute atomic E-state index is 11.7. The van der Waals surface area contributed by atoms with Crippen LogP contribution in [0.1, 0.15) is 33.6 Å². The van der Waals surface area contributed by atoms with Gasteiger partial charge < -0.3 is 10.0 Å². The summed E-state index contributed by atoms with van der Waals surface area (Å²) in [7, 11) is 1.70. The van der Waals surface area contributed by atoms with E-state index in [1.165, 1.54) is 0 Å². The minimum Gasteiger partial charge on any atom is -0.480 e. The van der Waals surface area contributed by atoms with Gasteiger partial charge in [-0.1, -0.05) is 13.3 Å². The minimum atomic E-state index is -0.902. The third-order valence-corrected chi connectivity index (χ3v) is 2.55. The summed E-state index contributed by atoms with van der Waals surface area (Å²) in [5.41, 5.74) is 0. The standard InChI is InChI=1S/C11H22N2O3/c1-5-7-9(11(15)16)12-8(3)10(14)13(4)6-2/h8-9,12H,5-7H2,1-4H3,(H,15,16). The van der Waals surface area contributed by atoms with E-state index >= 15 is 0 Å². The number of carbonyl (C=O) groups is 2. The third kappa shape index (κ3) is 4.61. The molecule has 0 aliphatic rings. The maximum Gasteiger partial charge on any atom is 0.320 e. The molecule has 0 aliphatic carbocycles. The number of hydrogen-bond acceptors (Lipinski definition) is 3. The minimum absolute atomic E-state index is 0.0788. The summed E-state index contributed by atoms with van der Waals surface area (Å²) in [6, 6.07) is -1.10. The molecule has 16 heavy (non-hydrogen) atoms. The lowest BCUT2D eigenvalue weighted by atomic mass is 10.1. The van der Waals surface area contributed by atoms with Crippen LogP contribution >= 0.6 is 0 Å². The quantitative estimate of drug-likeness (QED) is 0.675. The van der Waals surface area contributed by atoms with Gasteiger partial charge in [-0.25, -0.2) is 0 Å². The molecule has 1 amide bonds. The van der Waals surface area contributed by atoms with Gasteiger partial charge in [-0.05, 0) is 20.3 Å². The Morgan fingerprint density at radius 3 is 2.31 bits per heavy atom. The van der Waals surface area contributed by atoms with Crippen molar-refractivity contribution in [3.63, 3.8) is 0 Å². The van der Waals surface area contributed by atoms with E-state index in [-0.39, 0.29) is 5.91 Å². The Hall–Kier alpha value is -1.10. The number of carboxylic acid groups (broad SMARTS) is 1. The van der Waals surface area contributed by atoms with Gasteiger partial charge in [0.1, 0.15) is 6.04 Å². The van der Waals surface area contributed by atoms with Crippen LogP contribution in [0.2, 0.25) is 0 Å². The molecule has 0 aromatic rings. The fraction of sp³-hybridized carbons (Fsp3) is 0.818. The van der Waals surface area contributed by atoms with Crippen molar-refractivity contribution in [3.05, 3.63) is 0 Å². The smallest absolute Gasteiger partial charge is 0.320 e. The lowest BCUT2D eigenvalue weighted by Crippen LogP contribution is -2.49. The van der Waals surface area contributed by atoms with Gasteiger partial charge in [0.15, 0.2) is 0 Å². The van der Waals surface area contributed by atoms with Crippen molar-refractivity contribution in [2.24, 2.45) is 0 Å². The molecule has 2 atom stereocenters. The van der Waals surface area contributed by atoms with E-state index in [0.717, 1.165) is 6.42 Å². The first-order valence-corrected chi connectivity index (χ1v) is 5.67. The number of rotatable bonds is 7. The Kier molecular flexibility index (Phi) is 6.72. The molecule has 0 saturated heterocycles. The van der Waals surface area contributed by atoms with Crippen LogP contribution in [-0.4, -0.2) is 47.6 Å². The number of aliphatic carboxylic acids is 1. The molecule has 5 heteroatoms. The molecule has 5 nitrogen and oxygen atoms in total. The number of nitrogens with one attached hydrogen (secondary N) is 1. The second kappa shape index (κ2) is 7.22. The zero-order valence-electron chi connectivity index (χ0n) is 10.5. The van der Waals surface area contributed by atoms with E-state index in [1.54, 1.807) is 18.9 Å². The zero-order chi connectivity index (χ0) is 12.7. The number of hydrogen-bond donors (Lipinski definition) is 2. The fourth-order valence-corrected chi connectivity index (χ4v) is 1.43. The van der Waals surface area contributed by atoms with Gasteiger partial charge in [0.05, 0.1) is 6.04 Å². The molecule has 2 N–H and O–H groups in total. The van der Waals surface area contributed by atoms with E-state index in [9.17, 15) is 9.59 Å². The van der Waals surface area contributed by atoms with Crippen LogP contribution in [0.15, 0.2) is 0 Å². The van der Waals surface area contributed by atoms with E-state index in [4.69, 9.17) is 5.11 Å². The SMILES string of the molecule is CCCC(NC(C)C(=O)N(C)CC)C(=O)O. The molecule has 0 aromatic carbocycles. The van der Waals surface area contributed by atoms with Crippen molar-refractivity contribution >= 4 is 11.9 Å². The average Bonchev–Trinajstić information content (AvgIpc) is 2.25. The number of carbonyl (C=O) groups excluding carboxylic acids is 1.